The highest BCUT2D eigenvalue weighted by molar-refractivity contribution is 7.80. The van der Waals surface area contributed by atoms with Crippen LogP contribution in [0.15, 0.2) is 12.4 Å². The average Bonchev–Trinajstić information content (AvgIpc) is 2.39. The Labute approximate surface area is 119 Å². The summed E-state index contributed by atoms with van der Waals surface area (Å²) in [5.74, 6) is -0.146. The van der Waals surface area contributed by atoms with Gasteiger partial charge >= 0.3 is 0 Å². The van der Waals surface area contributed by atoms with E-state index in [1.165, 1.54) is 0 Å². The molecule has 0 aliphatic rings. The second-order valence-electron chi connectivity index (χ2n) is 4.49. The zero-order chi connectivity index (χ0) is 14.5. The zero-order valence-electron chi connectivity index (χ0n) is 11.6. The van der Waals surface area contributed by atoms with Gasteiger partial charge in [0, 0.05) is 6.20 Å². The number of aromatic nitrogens is 2. The first-order valence-electron chi connectivity index (χ1n) is 6.32. The first-order valence-corrected chi connectivity index (χ1v) is 6.72. The predicted molar refractivity (Wildman–Crippen MR) is 78.4 cm³/mol. The molecule has 1 amide bonds. The zero-order valence-corrected chi connectivity index (χ0v) is 12.4. The van der Waals surface area contributed by atoms with E-state index in [1.807, 2.05) is 20.8 Å². The second-order valence-corrected chi connectivity index (χ2v) is 4.93. The van der Waals surface area contributed by atoms with Gasteiger partial charge in [0.25, 0.3) is 0 Å². The van der Waals surface area contributed by atoms with E-state index in [1.54, 1.807) is 12.4 Å². The van der Waals surface area contributed by atoms with Crippen molar-refractivity contribution < 1.29 is 4.79 Å². The number of nitrogens with zero attached hydrogens (tertiary/aromatic N) is 2. The maximum atomic E-state index is 12.3. The Balaban J connectivity index is 2.73. The Morgan fingerprint density at radius 1 is 1.37 bits per heavy atom. The first kappa shape index (κ1) is 15.5. The summed E-state index contributed by atoms with van der Waals surface area (Å²) in [5, 5.41) is 2.83. The van der Waals surface area contributed by atoms with Crippen molar-refractivity contribution in [3.63, 3.8) is 0 Å². The molecule has 6 heteroatoms. The molecule has 1 rings (SSSR count). The van der Waals surface area contributed by atoms with Crippen LogP contribution < -0.4 is 11.1 Å². The number of rotatable bonds is 6. The Hall–Kier alpha value is -1.56. The topological polar surface area (TPSA) is 80.9 Å². The Bertz CT molecular complexity index is 454. The van der Waals surface area contributed by atoms with Crippen molar-refractivity contribution in [3.8, 4) is 0 Å². The molecule has 104 valence electrons. The third-order valence-electron chi connectivity index (χ3n) is 3.38. The van der Waals surface area contributed by atoms with Crippen molar-refractivity contribution in [2.75, 3.05) is 0 Å². The smallest absolute Gasteiger partial charge is 0.233 e. The van der Waals surface area contributed by atoms with Crippen molar-refractivity contribution in [3.05, 3.63) is 23.8 Å². The van der Waals surface area contributed by atoms with Crippen LogP contribution in [0.4, 0.5) is 0 Å². The minimum atomic E-state index is -0.770. The summed E-state index contributed by atoms with van der Waals surface area (Å²) in [6, 6.07) is 0. The van der Waals surface area contributed by atoms with Crippen LogP contribution in [-0.4, -0.2) is 20.9 Å². The van der Waals surface area contributed by atoms with Crippen LogP contribution in [0.25, 0.3) is 0 Å². The van der Waals surface area contributed by atoms with Gasteiger partial charge in [-0.3, -0.25) is 14.8 Å². The summed E-state index contributed by atoms with van der Waals surface area (Å²) in [7, 11) is 0. The summed E-state index contributed by atoms with van der Waals surface area (Å²) in [6.07, 6.45) is 4.49. The first-order chi connectivity index (χ1) is 8.96. The molecule has 0 aromatic carbocycles. The third-order valence-corrected chi connectivity index (χ3v) is 3.77. The number of hydrogen-bond acceptors (Lipinski definition) is 4. The van der Waals surface area contributed by atoms with Crippen LogP contribution in [0.2, 0.25) is 0 Å². The van der Waals surface area contributed by atoms with E-state index in [0.717, 1.165) is 5.69 Å². The standard InChI is InChI=1S/C13H20N4OS/c1-4-13(5-2,11(14)19)12(18)17-8-10-7-15-9(3)6-16-10/h6-7H,4-5,8H2,1-3H3,(H2,14,19)(H,17,18). The molecule has 0 unspecified atom stereocenters. The van der Waals surface area contributed by atoms with Gasteiger partial charge in [-0.1, -0.05) is 26.1 Å². The highest BCUT2D eigenvalue weighted by Gasteiger charge is 2.37. The molecule has 0 saturated carbocycles. The van der Waals surface area contributed by atoms with E-state index in [2.05, 4.69) is 15.3 Å². The van der Waals surface area contributed by atoms with E-state index in [9.17, 15) is 4.79 Å². The second kappa shape index (κ2) is 6.56. The highest BCUT2D eigenvalue weighted by atomic mass is 32.1. The number of nitrogens with one attached hydrogen (secondary N) is 1. The van der Waals surface area contributed by atoms with Crippen LogP contribution in [0.1, 0.15) is 38.1 Å². The number of nitrogens with two attached hydrogens (primary N) is 1. The van der Waals surface area contributed by atoms with Crippen LogP contribution in [-0.2, 0) is 11.3 Å². The number of carbonyl (C=O) groups is 1. The molecule has 0 aliphatic heterocycles. The molecule has 1 heterocycles. The van der Waals surface area contributed by atoms with Gasteiger partial charge in [0.05, 0.1) is 34.5 Å². The molecule has 5 nitrogen and oxygen atoms in total. The maximum absolute atomic E-state index is 12.3. The fourth-order valence-electron chi connectivity index (χ4n) is 1.88. The van der Waals surface area contributed by atoms with Gasteiger partial charge in [-0.2, -0.15) is 0 Å². The van der Waals surface area contributed by atoms with Gasteiger partial charge < -0.3 is 11.1 Å². The minimum absolute atomic E-state index is 0.146. The van der Waals surface area contributed by atoms with E-state index in [4.69, 9.17) is 18.0 Å². The summed E-state index contributed by atoms with van der Waals surface area (Å²) in [4.78, 5) is 20.8. The lowest BCUT2D eigenvalue weighted by molar-refractivity contribution is -0.128. The lowest BCUT2D eigenvalue weighted by Crippen LogP contribution is -2.48. The lowest BCUT2D eigenvalue weighted by atomic mass is 9.81. The molecule has 3 N–H and O–H groups in total. The molecule has 0 atom stereocenters. The maximum Gasteiger partial charge on any atom is 0.233 e. The SMILES string of the molecule is CCC(CC)(C(=O)NCc1cnc(C)cn1)C(N)=S. The monoisotopic (exact) mass is 280 g/mol. The van der Waals surface area contributed by atoms with Crippen LogP contribution >= 0.6 is 12.2 Å². The Morgan fingerprint density at radius 2 is 2.00 bits per heavy atom. The molecular weight excluding hydrogens is 260 g/mol. The van der Waals surface area contributed by atoms with Crippen molar-refractivity contribution in [1.82, 2.24) is 15.3 Å². The molecule has 0 saturated heterocycles. The Morgan fingerprint density at radius 3 is 2.42 bits per heavy atom. The van der Waals surface area contributed by atoms with Gasteiger partial charge in [-0.15, -0.1) is 0 Å². The summed E-state index contributed by atoms with van der Waals surface area (Å²) < 4.78 is 0. The summed E-state index contributed by atoms with van der Waals surface area (Å²) in [6.45, 7) is 6.01. The van der Waals surface area contributed by atoms with Crippen LogP contribution in [0.3, 0.4) is 0 Å². The predicted octanol–water partition coefficient (Wildman–Crippen LogP) is 1.49. The molecule has 19 heavy (non-hydrogen) atoms. The fourth-order valence-corrected chi connectivity index (χ4v) is 2.26. The van der Waals surface area contributed by atoms with E-state index < -0.39 is 5.41 Å². The Kier molecular flexibility index (Phi) is 5.35. The van der Waals surface area contributed by atoms with Gasteiger partial charge in [-0.05, 0) is 19.8 Å². The van der Waals surface area contributed by atoms with Gasteiger partial charge in [-0.25, -0.2) is 0 Å². The normalized spacial score (nSPS) is 11.1. The van der Waals surface area contributed by atoms with E-state index in [-0.39, 0.29) is 10.9 Å². The average molecular weight is 280 g/mol. The fraction of sp³-hybridized carbons (Fsp3) is 0.538. The quantitative estimate of drug-likeness (QED) is 0.772. The number of amides is 1. The van der Waals surface area contributed by atoms with Crippen LogP contribution in [0, 0.1) is 12.3 Å². The molecule has 0 spiro atoms. The largest absolute Gasteiger partial charge is 0.392 e. The minimum Gasteiger partial charge on any atom is -0.392 e. The molecular formula is C13H20N4OS. The number of carbonyl (C=O) groups excluding carboxylic acids is 1. The van der Waals surface area contributed by atoms with Crippen molar-refractivity contribution in [2.24, 2.45) is 11.1 Å². The van der Waals surface area contributed by atoms with Crippen molar-refractivity contribution >= 4 is 23.1 Å². The number of hydrogen-bond donors (Lipinski definition) is 2. The number of aryl methyl sites for hydroxylation is 1. The molecule has 0 bridgehead atoms. The molecule has 1 aromatic heterocycles. The van der Waals surface area contributed by atoms with Gasteiger partial charge in [0.1, 0.15) is 0 Å². The molecule has 1 aromatic rings. The molecule has 0 radical (unpaired) electrons. The number of thiocarbonyl (C=S) groups is 1. The molecule has 0 fully saturated rings. The summed E-state index contributed by atoms with van der Waals surface area (Å²) >= 11 is 5.04. The van der Waals surface area contributed by atoms with E-state index >= 15 is 0 Å². The highest BCUT2D eigenvalue weighted by Crippen LogP contribution is 2.27. The van der Waals surface area contributed by atoms with Crippen molar-refractivity contribution in [1.29, 1.82) is 0 Å². The van der Waals surface area contributed by atoms with Crippen LogP contribution in [0.5, 0.6) is 0 Å². The van der Waals surface area contributed by atoms with Gasteiger partial charge in [0.15, 0.2) is 0 Å². The van der Waals surface area contributed by atoms with Crippen molar-refractivity contribution in [2.45, 2.75) is 40.2 Å². The van der Waals surface area contributed by atoms with Gasteiger partial charge in [0.2, 0.25) is 5.91 Å². The third kappa shape index (κ3) is 3.47. The molecule has 0 aliphatic carbocycles. The van der Waals surface area contributed by atoms with E-state index in [0.29, 0.717) is 25.1 Å². The summed E-state index contributed by atoms with van der Waals surface area (Å²) in [5.41, 5.74) is 6.51. The lowest BCUT2D eigenvalue weighted by Gasteiger charge is -2.28.